The van der Waals surface area contributed by atoms with E-state index < -0.39 is 0 Å². The van der Waals surface area contributed by atoms with E-state index in [1.54, 1.807) is 0 Å². The van der Waals surface area contributed by atoms with Crippen LogP contribution in [0.15, 0.2) is 24.3 Å². The molecule has 0 aliphatic heterocycles. The van der Waals surface area contributed by atoms with Gasteiger partial charge in [0.2, 0.25) is 0 Å². The molecule has 2 heteroatoms. The fourth-order valence-corrected chi connectivity index (χ4v) is 1.40. The van der Waals surface area contributed by atoms with Crippen molar-refractivity contribution < 1.29 is 0 Å². The molecule has 0 fully saturated rings. The minimum absolute atomic E-state index is 0.726. The average molecular weight is 202 g/mol. The van der Waals surface area contributed by atoms with Gasteiger partial charge in [-0.3, -0.25) is 0 Å². The van der Waals surface area contributed by atoms with Crippen LogP contribution in [0.1, 0.15) is 31.4 Å². The Morgan fingerprint density at radius 1 is 1.33 bits per heavy atom. The van der Waals surface area contributed by atoms with Crippen LogP contribution in [0, 0.1) is 17.2 Å². The van der Waals surface area contributed by atoms with Crippen molar-refractivity contribution in [2.45, 2.75) is 26.8 Å². The maximum atomic E-state index is 8.89. The van der Waals surface area contributed by atoms with E-state index in [0.29, 0.717) is 0 Å². The van der Waals surface area contributed by atoms with Gasteiger partial charge in [0.15, 0.2) is 0 Å². The van der Waals surface area contributed by atoms with Crippen LogP contribution in [0.5, 0.6) is 0 Å². The summed E-state index contributed by atoms with van der Waals surface area (Å²) in [7, 11) is 0. The molecule has 15 heavy (non-hydrogen) atoms. The van der Waals surface area contributed by atoms with E-state index in [1.807, 2.05) is 24.3 Å². The first kappa shape index (κ1) is 11.7. The Bertz CT molecular complexity index is 337. The van der Waals surface area contributed by atoms with Crippen LogP contribution in [0.3, 0.4) is 0 Å². The van der Waals surface area contributed by atoms with Gasteiger partial charge in [-0.25, -0.2) is 0 Å². The number of nitrogens with one attached hydrogen (secondary N) is 1. The molecule has 1 aromatic rings. The maximum absolute atomic E-state index is 8.89. The largest absolute Gasteiger partial charge is 0.313 e. The van der Waals surface area contributed by atoms with Crippen molar-refractivity contribution in [1.82, 2.24) is 5.32 Å². The Hall–Kier alpha value is -1.33. The summed E-state index contributed by atoms with van der Waals surface area (Å²) in [6, 6.07) is 9.94. The number of benzene rings is 1. The number of rotatable bonds is 5. The molecule has 80 valence electrons. The summed E-state index contributed by atoms with van der Waals surface area (Å²) >= 11 is 0. The molecule has 1 N–H and O–H groups in total. The summed E-state index contributed by atoms with van der Waals surface area (Å²) in [5.41, 5.74) is 1.86. The van der Waals surface area contributed by atoms with Crippen LogP contribution in [-0.4, -0.2) is 6.54 Å². The molecule has 0 radical (unpaired) electrons. The van der Waals surface area contributed by atoms with Gasteiger partial charge >= 0.3 is 0 Å². The zero-order valence-corrected chi connectivity index (χ0v) is 9.46. The number of hydrogen-bond acceptors (Lipinski definition) is 2. The summed E-state index contributed by atoms with van der Waals surface area (Å²) < 4.78 is 0. The third kappa shape index (κ3) is 4.14. The third-order valence-corrected chi connectivity index (χ3v) is 2.35. The second-order valence-corrected chi connectivity index (χ2v) is 4.13. The molecule has 0 aliphatic rings. The highest BCUT2D eigenvalue weighted by atomic mass is 14.8. The Morgan fingerprint density at radius 3 is 2.73 bits per heavy atom. The van der Waals surface area contributed by atoms with Crippen molar-refractivity contribution in [2.24, 2.45) is 5.92 Å². The van der Waals surface area contributed by atoms with Gasteiger partial charge in [0.25, 0.3) is 0 Å². The van der Waals surface area contributed by atoms with E-state index in [4.69, 9.17) is 5.26 Å². The molecule has 0 spiro atoms. The van der Waals surface area contributed by atoms with Crippen LogP contribution < -0.4 is 5.32 Å². The fourth-order valence-electron chi connectivity index (χ4n) is 1.40. The number of nitriles is 1. The lowest BCUT2D eigenvalue weighted by Crippen LogP contribution is -2.16. The van der Waals surface area contributed by atoms with Gasteiger partial charge in [-0.2, -0.15) is 5.26 Å². The molecule has 0 atom stereocenters. The average Bonchev–Trinajstić information content (AvgIpc) is 2.24. The maximum Gasteiger partial charge on any atom is 0.0995 e. The van der Waals surface area contributed by atoms with Crippen molar-refractivity contribution in [2.75, 3.05) is 6.54 Å². The highest BCUT2D eigenvalue weighted by Crippen LogP contribution is 2.06. The molecule has 0 heterocycles. The Labute approximate surface area is 91.9 Å². The van der Waals surface area contributed by atoms with E-state index in [1.165, 1.54) is 6.42 Å². The van der Waals surface area contributed by atoms with Crippen molar-refractivity contribution in [3.05, 3.63) is 35.4 Å². The molecule has 1 aromatic carbocycles. The van der Waals surface area contributed by atoms with E-state index in [-0.39, 0.29) is 0 Å². The lowest BCUT2D eigenvalue weighted by molar-refractivity contribution is 0.537. The predicted molar refractivity (Wildman–Crippen MR) is 62.3 cm³/mol. The molecule has 0 aromatic heterocycles. The van der Waals surface area contributed by atoms with Crippen LogP contribution in [0.2, 0.25) is 0 Å². The van der Waals surface area contributed by atoms with Gasteiger partial charge in [0, 0.05) is 6.54 Å². The van der Waals surface area contributed by atoms with E-state index >= 15 is 0 Å². The molecule has 1 rings (SSSR count). The zero-order chi connectivity index (χ0) is 11.1. The minimum Gasteiger partial charge on any atom is -0.313 e. The second-order valence-electron chi connectivity index (χ2n) is 4.13. The molecule has 0 aliphatic carbocycles. The normalized spacial score (nSPS) is 10.3. The van der Waals surface area contributed by atoms with Gasteiger partial charge < -0.3 is 5.32 Å². The van der Waals surface area contributed by atoms with Crippen molar-refractivity contribution in [3.63, 3.8) is 0 Å². The molecular weight excluding hydrogens is 184 g/mol. The second kappa shape index (κ2) is 6.21. The minimum atomic E-state index is 0.726. The van der Waals surface area contributed by atoms with Crippen LogP contribution in [-0.2, 0) is 6.54 Å². The molecule has 0 bridgehead atoms. The molecule has 0 saturated carbocycles. The lowest BCUT2D eigenvalue weighted by atomic mass is 10.1. The van der Waals surface area contributed by atoms with E-state index in [9.17, 15) is 0 Å². The lowest BCUT2D eigenvalue weighted by Gasteiger charge is -2.07. The molecular formula is C13H18N2. The fraction of sp³-hybridized carbons (Fsp3) is 0.462. The zero-order valence-electron chi connectivity index (χ0n) is 9.46. The van der Waals surface area contributed by atoms with Crippen LogP contribution in [0.4, 0.5) is 0 Å². The quantitative estimate of drug-likeness (QED) is 0.745. The summed E-state index contributed by atoms with van der Waals surface area (Å²) in [5.74, 6) is 0.726. The summed E-state index contributed by atoms with van der Waals surface area (Å²) in [5, 5.41) is 12.2. The first-order valence-corrected chi connectivity index (χ1v) is 5.42. The monoisotopic (exact) mass is 202 g/mol. The van der Waals surface area contributed by atoms with Crippen LogP contribution >= 0.6 is 0 Å². The molecule has 2 nitrogen and oxygen atoms in total. The Morgan fingerprint density at radius 2 is 2.07 bits per heavy atom. The van der Waals surface area contributed by atoms with E-state index in [2.05, 4.69) is 25.2 Å². The first-order chi connectivity index (χ1) is 7.24. The van der Waals surface area contributed by atoms with Gasteiger partial charge in [-0.15, -0.1) is 0 Å². The Balaban J connectivity index is 2.41. The third-order valence-electron chi connectivity index (χ3n) is 2.35. The number of nitrogens with zero attached hydrogens (tertiary/aromatic N) is 1. The summed E-state index contributed by atoms with van der Waals surface area (Å²) in [4.78, 5) is 0. The van der Waals surface area contributed by atoms with Crippen molar-refractivity contribution in [1.29, 1.82) is 5.26 Å². The van der Waals surface area contributed by atoms with Gasteiger partial charge in [0.05, 0.1) is 11.6 Å². The van der Waals surface area contributed by atoms with Crippen molar-refractivity contribution >= 4 is 0 Å². The van der Waals surface area contributed by atoms with Gasteiger partial charge in [-0.05, 0) is 30.5 Å². The number of hydrogen-bond donors (Lipinski definition) is 1. The molecule has 0 amide bonds. The highest BCUT2D eigenvalue weighted by Gasteiger charge is 1.99. The molecule has 0 saturated heterocycles. The topological polar surface area (TPSA) is 35.8 Å². The molecule has 0 unspecified atom stereocenters. The van der Waals surface area contributed by atoms with Gasteiger partial charge in [0.1, 0.15) is 0 Å². The first-order valence-electron chi connectivity index (χ1n) is 5.42. The predicted octanol–water partition coefficient (Wildman–Crippen LogP) is 2.69. The standard InChI is InChI=1S/C13H18N2/c1-11(2)7-8-15-10-13-6-4-3-5-12(13)9-14/h3-6,11,15H,7-8,10H2,1-2H3. The SMILES string of the molecule is CC(C)CCNCc1ccccc1C#N. The van der Waals surface area contributed by atoms with Crippen LogP contribution in [0.25, 0.3) is 0 Å². The smallest absolute Gasteiger partial charge is 0.0995 e. The summed E-state index contributed by atoms with van der Waals surface area (Å²) in [6.07, 6.45) is 1.18. The summed E-state index contributed by atoms with van der Waals surface area (Å²) in [6.45, 7) is 6.23. The Kier molecular flexibility index (Phi) is 4.86. The van der Waals surface area contributed by atoms with Crippen molar-refractivity contribution in [3.8, 4) is 6.07 Å². The van der Waals surface area contributed by atoms with Gasteiger partial charge in [-0.1, -0.05) is 32.0 Å². The van der Waals surface area contributed by atoms with E-state index in [0.717, 1.165) is 30.1 Å². The highest BCUT2D eigenvalue weighted by molar-refractivity contribution is 5.37.